The van der Waals surface area contributed by atoms with E-state index < -0.39 is 0 Å². The summed E-state index contributed by atoms with van der Waals surface area (Å²) in [5.74, 6) is -0.593. The predicted molar refractivity (Wildman–Crippen MR) is 107 cm³/mol. The maximum absolute atomic E-state index is 12.9. The lowest BCUT2D eigenvalue weighted by Crippen LogP contribution is -2.35. The van der Waals surface area contributed by atoms with Crippen molar-refractivity contribution in [2.24, 2.45) is 0 Å². The number of nitrogens with zero attached hydrogens (tertiary/aromatic N) is 1. The van der Waals surface area contributed by atoms with Crippen LogP contribution in [-0.2, 0) is 16.0 Å². The van der Waals surface area contributed by atoms with Gasteiger partial charge in [-0.3, -0.25) is 9.59 Å². The van der Waals surface area contributed by atoms with Gasteiger partial charge in [-0.15, -0.1) is 0 Å². The Kier molecular flexibility index (Phi) is 7.36. The lowest BCUT2D eigenvalue weighted by molar-refractivity contribution is -0.121. The molecule has 0 radical (unpaired) electrons. The van der Waals surface area contributed by atoms with Crippen LogP contribution in [0.4, 0.5) is 10.1 Å². The van der Waals surface area contributed by atoms with Gasteiger partial charge in [-0.25, -0.2) is 4.39 Å². The van der Waals surface area contributed by atoms with Crippen LogP contribution < -0.4 is 10.2 Å². The summed E-state index contributed by atoms with van der Waals surface area (Å²) < 4.78 is 12.9. The van der Waals surface area contributed by atoms with Gasteiger partial charge in [0, 0.05) is 26.4 Å². The van der Waals surface area contributed by atoms with E-state index in [0.717, 1.165) is 16.7 Å². The average Bonchev–Trinajstić information content (AvgIpc) is 2.58. The SMILES string of the molecule is CC(=O)N(CCC(=O)NCCc1ccc(F)cc1)c1c(C)cc(C)cc1Cl. The topological polar surface area (TPSA) is 49.4 Å². The highest BCUT2D eigenvalue weighted by atomic mass is 35.5. The smallest absolute Gasteiger partial charge is 0.223 e. The Morgan fingerprint density at radius 2 is 1.81 bits per heavy atom. The van der Waals surface area contributed by atoms with E-state index >= 15 is 0 Å². The van der Waals surface area contributed by atoms with Crippen molar-refractivity contribution in [3.63, 3.8) is 0 Å². The Bertz CT molecular complexity index is 798. The van der Waals surface area contributed by atoms with Crippen molar-refractivity contribution in [2.75, 3.05) is 18.0 Å². The fourth-order valence-electron chi connectivity index (χ4n) is 2.98. The summed E-state index contributed by atoms with van der Waals surface area (Å²) in [4.78, 5) is 25.7. The van der Waals surface area contributed by atoms with E-state index in [9.17, 15) is 14.0 Å². The minimum Gasteiger partial charge on any atom is -0.356 e. The van der Waals surface area contributed by atoms with Gasteiger partial charge in [0.05, 0.1) is 10.7 Å². The molecule has 144 valence electrons. The third kappa shape index (κ3) is 6.07. The van der Waals surface area contributed by atoms with Crippen LogP contribution in [-0.4, -0.2) is 24.9 Å². The third-order valence-electron chi connectivity index (χ3n) is 4.26. The number of rotatable bonds is 7. The quantitative estimate of drug-likeness (QED) is 0.770. The normalized spacial score (nSPS) is 10.6. The molecule has 0 saturated heterocycles. The summed E-state index contributed by atoms with van der Waals surface area (Å²) in [6, 6.07) is 9.95. The molecule has 0 bridgehead atoms. The predicted octanol–water partition coefficient (Wildman–Crippen LogP) is 4.20. The third-order valence-corrected chi connectivity index (χ3v) is 4.55. The molecule has 2 aromatic carbocycles. The fourth-order valence-corrected chi connectivity index (χ4v) is 3.40. The molecule has 0 aromatic heterocycles. The Balaban J connectivity index is 1.91. The van der Waals surface area contributed by atoms with Crippen molar-refractivity contribution in [3.05, 3.63) is 63.9 Å². The van der Waals surface area contributed by atoms with Gasteiger partial charge in [-0.2, -0.15) is 0 Å². The van der Waals surface area contributed by atoms with Crippen molar-refractivity contribution in [1.82, 2.24) is 5.32 Å². The number of amides is 2. The van der Waals surface area contributed by atoms with Crippen LogP contribution in [0.25, 0.3) is 0 Å². The van der Waals surface area contributed by atoms with Crippen LogP contribution in [0, 0.1) is 19.7 Å². The second-order valence-electron chi connectivity index (χ2n) is 6.56. The molecule has 0 aliphatic rings. The monoisotopic (exact) mass is 390 g/mol. The molecule has 2 rings (SSSR count). The molecule has 2 amide bonds. The van der Waals surface area contributed by atoms with E-state index in [4.69, 9.17) is 11.6 Å². The maximum Gasteiger partial charge on any atom is 0.223 e. The van der Waals surface area contributed by atoms with E-state index in [1.807, 2.05) is 26.0 Å². The fraction of sp³-hybridized carbons (Fsp3) is 0.333. The number of aryl methyl sites for hydroxylation is 2. The standard InChI is InChI=1S/C21H24ClFN2O2/c1-14-12-15(2)21(19(22)13-14)25(16(3)26)11-9-20(27)24-10-8-17-4-6-18(23)7-5-17/h4-7,12-13H,8-11H2,1-3H3,(H,24,27). The molecule has 0 aliphatic carbocycles. The zero-order valence-corrected chi connectivity index (χ0v) is 16.6. The molecule has 4 nitrogen and oxygen atoms in total. The van der Waals surface area contributed by atoms with Gasteiger partial charge in [0.1, 0.15) is 5.82 Å². The van der Waals surface area contributed by atoms with Gasteiger partial charge in [-0.1, -0.05) is 29.8 Å². The Labute approximate surface area is 164 Å². The number of hydrogen-bond donors (Lipinski definition) is 1. The molecule has 1 N–H and O–H groups in total. The van der Waals surface area contributed by atoms with Gasteiger partial charge in [0.15, 0.2) is 0 Å². The summed E-state index contributed by atoms with van der Waals surface area (Å²) in [7, 11) is 0. The van der Waals surface area contributed by atoms with Crippen LogP contribution in [0.1, 0.15) is 30.0 Å². The number of carbonyl (C=O) groups excluding carboxylic acids is 2. The van der Waals surface area contributed by atoms with Crippen molar-refractivity contribution in [3.8, 4) is 0 Å². The lowest BCUT2D eigenvalue weighted by atomic mass is 10.1. The number of nitrogens with one attached hydrogen (secondary N) is 1. The lowest BCUT2D eigenvalue weighted by Gasteiger charge is -2.24. The van der Waals surface area contributed by atoms with Gasteiger partial charge in [0.2, 0.25) is 11.8 Å². The highest BCUT2D eigenvalue weighted by molar-refractivity contribution is 6.34. The zero-order chi connectivity index (χ0) is 20.0. The molecular formula is C21H24ClFN2O2. The maximum atomic E-state index is 12.9. The molecule has 27 heavy (non-hydrogen) atoms. The first-order valence-electron chi connectivity index (χ1n) is 8.84. The highest BCUT2D eigenvalue weighted by Gasteiger charge is 2.18. The van der Waals surface area contributed by atoms with E-state index in [0.29, 0.717) is 23.7 Å². The second-order valence-corrected chi connectivity index (χ2v) is 6.97. The molecule has 0 atom stereocenters. The van der Waals surface area contributed by atoms with Crippen molar-refractivity contribution >= 4 is 29.1 Å². The largest absolute Gasteiger partial charge is 0.356 e. The molecule has 0 spiro atoms. The van der Waals surface area contributed by atoms with E-state index in [-0.39, 0.29) is 30.6 Å². The Morgan fingerprint density at radius 1 is 1.15 bits per heavy atom. The Hall–Kier alpha value is -2.40. The van der Waals surface area contributed by atoms with Crippen LogP contribution in [0.5, 0.6) is 0 Å². The molecule has 0 fully saturated rings. The first kappa shape index (κ1) is 20.9. The highest BCUT2D eigenvalue weighted by Crippen LogP contribution is 2.31. The zero-order valence-electron chi connectivity index (χ0n) is 15.8. The van der Waals surface area contributed by atoms with Gasteiger partial charge in [0.25, 0.3) is 0 Å². The average molecular weight is 391 g/mol. The van der Waals surface area contributed by atoms with Gasteiger partial charge in [-0.05, 0) is 55.2 Å². The van der Waals surface area contributed by atoms with Crippen LogP contribution >= 0.6 is 11.6 Å². The summed E-state index contributed by atoms with van der Waals surface area (Å²) in [6.07, 6.45) is 0.790. The molecule has 0 saturated carbocycles. The molecule has 0 heterocycles. The molecule has 0 unspecified atom stereocenters. The van der Waals surface area contributed by atoms with Crippen molar-refractivity contribution in [1.29, 1.82) is 0 Å². The number of benzene rings is 2. The summed E-state index contributed by atoms with van der Waals surface area (Å²) >= 11 is 6.33. The summed E-state index contributed by atoms with van der Waals surface area (Å²) in [5.41, 5.74) is 3.51. The first-order chi connectivity index (χ1) is 12.8. The second kappa shape index (κ2) is 9.51. The Morgan fingerprint density at radius 3 is 2.41 bits per heavy atom. The molecule has 2 aromatic rings. The molecule has 6 heteroatoms. The van der Waals surface area contributed by atoms with Crippen molar-refractivity contribution < 1.29 is 14.0 Å². The van der Waals surface area contributed by atoms with Crippen LogP contribution in [0.15, 0.2) is 36.4 Å². The number of halogens is 2. The summed E-state index contributed by atoms with van der Waals surface area (Å²) in [6.45, 7) is 6.00. The minimum absolute atomic E-state index is 0.149. The van der Waals surface area contributed by atoms with Gasteiger partial charge < -0.3 is 10.2 Å². The first-order valence-corrected chi connectivity index (χ1v) is 9.21. The molecular weight excluding hydrogens is 367 g/mol. The van der Waals surface area contributed by atoms with Gasteiger partial charge >= 0.3 is 0 Å². The van der Waals surface area contributed by atoms with Crippen molar-refractivity contribution in [2.45, 2.75) is 33.6 Å². The number of carbonyl (C=O) groups is 2. The van der Waals surface area contributed by atoms with Crippen LogP contribution in [0.2, 0.25) is 5.02 Å². The van der Waals surface area contributed by atoms with E-state index in [1.165, 1.54) is 24.0 Å². The minimum atomic E-state index is -0.280. The van der Waals surface area contributed by atoms with E-state index in [1.54, 1.807) is 12.1 Å². The summed E-state index contributed by atoms with van der Waals surface area (Å²) in [5, 5.41) is 3.33. The van der Waals surface area contributed by atoms with E-state index in [2.05, 4.69) is 5.32 Å². The number of anilines is 1. The molecule has 0 aliphatic heterocycles. The van der Waals surface area contributed by atoms with Crippen LogP contribution in [0.3, 0.4) is 0 Å². The number of hydrogen-bond acceptors (Lipinski definition) is 2.